The second kappa shape index (κ2) is 7.50. The van der Waals surface area contributed by atoms with Crippen LogP contribution in [0.3, 0.4) is 0 Å². The predicted molar refractivity (Wildman–Crippen MR) is 95.0 cm³/mol. The van der Waals surface area contributed by atoms with Gasteiger partial charge in [0.2, 0.25) is 5.91 Å². The van der Waals surface area contributed by atoms with Gasteiger partial charge in [-0.15, -0.1) is 0 Å². The van der Waals surface area contributed by atoms with Crippen molar-refractivity contribution < 1.29 is 9.59 Å². The van der Waals surface area contributed by atoms with E-state index in [1.54, 1.807) is 6.20 Å². The highest BCUT2D eigenvalue weighted by molar-refractivity contribution is 5.92. The van der Waals surface area contributed by atoms with E-state index in [9.17, 15) is 9.59 Å². The molecule has 0 saturated carbocycles. The van der Waals surface area contributed by atoms with Crippen LogP contribution in [0.25, 0.3) is 0 Å². The normalized spacial score (nSPS) is 25.3. The zero-order valence-electron chi connectivity index (χ0n) is 15.4. The minimum Gasteiger partial charge on any atom is -0.348 e. The van der Waals surface area contributed by atoms with Crippen LogP contribution in [-0.4, -0.2) is 44.8 Å². The van der Waals surface area contributed by atoms with Gasteiger partial charge in [0.15, 0.2) is 0 Å². The average Bonchev–Trinajstić information content (AvgIpc) is 2.87. The second-order valence-electron chi connectivity index (χ2n) is 7.33. The maximum absolute atomic E-state index is 12.8. The highest BCUT2D eigenvalue weighted by Gasteiger charge is 2.44. The van der Waals surface area contributed by atoms with Crippen molar-refractivity contribution in [1.82, 2.24) is 20.2 Å². The van der Waals surface area contributed by atoms with Crippen molar-refractivity contribution >= 4 is 11.8 Å². The molecule has 0 aliphatic carbocycles. The summed E-state index contributed by atoms with van der Waals surface area (Å²) >= 11 is 0. The topological polar surface area (TPSA) is 75.2 Å². The maximum atomic E-state index is 12.8. The lowest BCUT2D eigenvalue weighted by molar-refractivity contribution is -0.140. The summed E-state index contributed by atoms with van der Waals surface area (Å²) in [6.45, 7) is 6.02. The highest BCUT2D eigenvalue weighted by Crippen LogP contribution is 2.37. The fraction of sp³-hybridized carbons (Fsp3) is 0.684. The zero-order valence-corrected chi connectivity index (χ0v) is 15.4. The number of aromatic nitrogens is 2. The third-order valence-corrected chi connectivity index (χ3v) is 5.67. The number of amides is 2. The fourth-order valence-corrected chi connectivity index (χ4v) is 4.27. The van der Waals surface area contributed by atoms with Crippen LogP contribution in [0.2, 0.25) is 0 Å². The van der Waals surface area contributed by atoms with Crippen molar-refractivity contribution in [2.45, 2.75) is 77.4 Å². The number of nitrogens with one attached hydrogen (secondary N) is 1. The van der Waals surface area contributed by atoms with Gasteiger partial charge in [0.05, 0.1) is 11.9 Å². The Morgan fingerprint density at radius 1 is 1.16 bits per heavy atom. The molecule has 1 aromatic heterocycles. The van der Waals surface area contributed by atoms with Crippen molar-refractivity contribution in [2.75, 3.05) is 0 Å². The predicted octanol–water partition coefficient (Wildman–Crippen LogP) is 2.47. The van der Waals surface area contributed by atoms with Gasteiger partial charge in [-0.05, 0) is 45.4 Å². The lowest BCUT2D eigenvalue weighted by Crippen LogP contribution is -2.53. The highest BCUT2D eigenvalue weighted by atomic mass is 16.2. The molecule has 136 valence electrons. The van der Waals surface area contributed by atoms with Gasteiger partial charge in [-0.1, -0.05) is 13.8 Å². The van der Waals surface area contributed by atoms with Crippen LogP contribution in [0.1, 0.15) is 68.6 Å². The number of hydrogen-bond acceptors (Lipinski definition) is 4. The van der Waals surface area contributed by atoms with Crippen molar-refractivity contribution in [2.24, 2.45) is 5.92 Å². The molecule has 25 heavy (non-hydrogen) atoms. The summed E-state index contributed by atoms with van der Waals surface area (Å²) in [5.41, 5.74) is 1.15. The monoisotopic (exact) mass is 344 g/mol. The van der Waals surface area contributed by atoms with Crippen LogP contribution in [0.15, 0.2) is 12.4 Å². The number of carbonyl (C=O) groups excluding carboxylic acids is 2. The van der Waals surface area contributed by atoms with E-state index in [0.29, 0.717) is 11.6 Å². The Kier molecular flexibility index (Phi) is 5.35. The maximum Gasteiger partial charge on any atom is 0.271 e. The van der Waals surface area contributed by atoms with Gasteiger partial charge >= 0.3 is 0 Å². The minimum absolute atomic E-state index is 0.110. The molecule has 2 aliphatic heterocycles. The molecule has 0 radical (unpaired) electrons. The largest absolute Gasteiger partial charge is 0.348 e. The van der Waals surface area contributed by atoms with E-state index in [0.717, 1.165) is 44.2 Å². The van der Waals surface area contributed by atoms with Crippen LogP contribution in [0, 0.1) is 12.8 Å². The summed E-state index contributed by atoms with van der Waals surface area (Å²) < 4.78 is 0. The first kappa shape index (κ1) is 17.8. The minimum atomic E-state index is -0.170. The van der Waals surface area contributed by atoms with E-state index in [1.807, 2.05) is 6.92 Å². The standard InChI is InChI=1S/C19H28N4O2/c1-4-13(5-2)19(25)23-15-6-7-16(23)9-14(8-15)22-18(24)17-11-20-12(3)10-21-17/h10-11,13-16H,4-9H2,1-3H3,(H,22,24)/t14?,15-,16+. The van der Waals surface area contributed by atoms with E-state index in [2.05, 4.69) is 34.0 Å². The van der Waals surface area contributed by atoms with Crippen molar-refractivity contribution in [3.63, 3.8) is 0 Å². The molecule has 0 aromatic carbocycles. The first-order valence-electron chi connectivity index (χ1n) is 9.45. The summed E-state index contributed by atoms with van der Waals surface area (Å²) in [7, 11) is 0. The molecule has 6 nitrogen and oxygen atoms in total. The van der Waals surface area contributed by atoms with Crippen LogP contribution in [0.5, 0.6) is 0 Å². The Hall–Kier alpha value is -1.98. The van der Waals surface area contributed by atoms with E-state index < -0.39 is 0 Å². The molecule has 6 heteroatoms. The molecule has 3 heterocycles. The van der Waals surface area contributed by atoms with E-state index >= 15 is 0 Å². The average molecular weight is 344 g/mol. The van der Waals surface area contributed by atoms with Crippen molar-refractivity contribution in [3.8, 4) is 0 Å². The Balaban J connectivity index is 1.62. The molecule has 2 aliphatic rings. The van der Waals surface area contributed by atoms with Crippen LogP contribution in [0.4, 0.5) is 0 Å². The quantitative estimate of drug-likeness (QED) is 0.890. The Bertz CT molecular complexity index is 613. The number of aryl methyl sites for hydroxylation is 1. The van der Waals surface area contributed by atoms with Crippen molar-refractivity contribution in [3.05, 3.63) is 23.8 Å². The SMILES string of the molecule is CCC(CC)C(=O)N1[C@@H]2CC[C@H]1CC(NC(=O)c1cnc(C)cn1)C2. The van der Waals surface area contributed by atoms with Gasteiger partial charge in [-0.2, -0.15) is 0 Å². The van der Waals surface area contributed by atoms with Gasteiger partial charge in [0.1, 0.15) is 5.69 Å². The molecule has 3 atom stereocenters. The molecule has 2 saturated heterocycles. The number of hydrogen-bond donors (Lipinski definition) is 1. The molecule has 1 unspecified atom stereocenters. The van der Waals surface area contributed by atoms with Gasteiger partial charge < -0.3 is 10.2 Å². The van der Waals surface area contributed by atoms with Gasteiger partial charge in [-0.3, -0.25) is 14.6 Å². The Morgan fingerprint density at radius 3 is 2.32 bits per heavy atom. The molecular weight excluding hydrogens is 316 g/mol. The van der Waals surface area contributed by atoms with Crippen LogP contribution >= 0.6 is 0 Å². The molecule has 3 rings (SSSR count). The third kappa shape index (κ3) is 3.67. The van der Waals surface area contributed by atoms with Gasteiger partial charge in [0, 0.05) is 30.2 Å². The Morgan fingerprint density at radius 2 is 1.80 bits per heavy atom. The number of nitrogens with zero attached hydrogens (tertiary/aromatic N) is 3. The summed E-state index contributed by atoms with van der Waals surface area (Å²) in [4.78, 5) is 35.6. The number of fused-ring (bicyclic) bond motifs is 2. The van der Waals surface area contributed by atoms with Gasteiger partial charge in [0.25, 0.3) is 5.91 Å². The van der Waals surface area contributed by atoms with E-state index in [-0.39, 0.29) is 30.0 Å². The van der Waals surface area contributed by atoms with E-state index in [1.165, 1.54) is 6.20 Å². The molecular formula is C19H28N4O2. The van der Waals surface area contributed by atoms with Crippen molar-refractivity contribution in [1.29, 1.82) is 0 Å². The molecule has 2 amide bonds. The van der Waals surface area contributed by atoms with Crippen LogP contribution in [-0.2, 0) is 4.79 Å². The molecule has 0 spiro atoms. The number of rotatable bonds is 5. The molecule has 1 N–H and O–H groups in total. The third-order valence-electron chi connectivity index (χ3n) is 5.67. The van der Waals surface area contributed by atoms with E-state index in [4.69, 9.17) is 0 Å². The summed E-state index contributed by atoms with van der Waals surface area (Å²) in [6, 6.07) is 0.640. The second-order valence-corrected chi connectivity index (χ2v) is 7.33. The lowest BCUT2D eigenvalue weighted by atomic mass is 9.93. The summed E-state index contributed by atoms with van der Waals surface area (Å²) in [6.07, 6.45) is 8.71. The zero-order chi connectivity index (χ0) is 18.0. The first-order valence-corrected chi connectivity index (χ1v) is 9.45. The molecule has 2 fully saturated rings. The number of piperidine rings is 1. The summed E-state index contributed by atoms with van der Waals surface area (Å²) in [5, 5.41) is 3.09. The molecule has 2 bridgehead atoms. The lowest BCUT2D eigenvalue weighted by Gasteiger charge is -2.40. The molecule has 1 aromatic rings. The van der Waals surface area contributed by atoms with Gasteiger partial charge in [-0.25, -0.2) is 4.98 Å². The smallest absolute Gasteiger partial charge is 0.271 e. The van der Waals surface area contributed by atoms with Crippen LogP contribution < -0.4 is 5.32 Å². The first-order chi connectivity index (χ1) is 12.0. The fourth-order valence-electron chi connectivity index (χ4n) is 4.27. The Labute approximate surface area is 149 Å². The summed E-state index contributed by atoms with van der Waals surface area (Å²) in [5.74, 6) is 0.278. The number of carbonyl (C=O) groups is 2.